The number of halogens is 1. The molecule has 0 saturated carbocycles. The summed E-state index contributed by atoms with van der Waals surface area (Å²) < 4.78 is 11.6. The summed E-state index contributed by atoms with van der Waals surface area (Å²) in [4.78, 5) is 11.3. The van der Waals surface area contributed by atoms with Crippen molar-refractivity contribution < 1.29 is 10.9 Å². The molecule has 1 aromatic rings. The standard InChI is InChI=1S/C9H9IO3/c1-2-12-10-8-6-4-3-5-7(8)9(11)13-10/h3-6H,2H2,1H3. The number of rotatable bonds is 2. The van der Waals surface area contributed by atoms with Crippen molar-refractivity contribution in [1.29, 1.82) is 0 Å². The maximum absolute atomic E-state index is 11.3. The Morgan fingerprint density at radius 1 is 1.46 bits per heavy atom. The van der Waals surface area contributed by atoms with Crippen molar-refractivity contribution in [3.63, 3.8) is 0 Å². The van der Waals surface area contributed by atoms with E-state index in [1.54, 1.807) is 6.07 Å². The van der Waals surface area contributed by atoms with E-state index in [-0.39, 0.29) is 5.97 Å². The van der Waals surface area contributed by atoms with E-state index in [9.17, 15) is 4.79 Å². The monoisotopic (exact) mass is 292 g/mol. The Balaban J connectivity index is 2.36. The molecule has 1 aromatic carbocycles. The van der Waals surface area contributed by atoms with Crippen LogP contribution in [0, 0.1) is 3.57 Å². The topological polar surface area (TPSA) is 35.5 Å². The molecule has 0 saturated heterocycles. The molecule has 0 aliphatic carbocycles. The molecule has 0 unspecified atom stereocenters. The van der Waals surface area contributed by atoms with Crippen LogP contribution in [-0.2, 0) is 6.13 Å². The summed E-state index contributed by atoms with van der Waals surface area (Å²) in [6.45, 7) is 2.51. The van der Waals surface area contributed by atoms with Gasteiger partial charge in [0.2, 0.25) is 0 Å². The predicted octanol–water partition coefficient (Wildman–Crippen LogP) is 2.40. The number of benzene rings is 1. The number of hydrogen-bond acceptors (Lipinski definition) is 3. The fourth-order valence-corrected chi connectivity index (χ4v) is 4.33. The maximum atomic E-state index is 11.3. The van der Waals surface area contributed by atoms with E-state index in [1.807, 2.05) is 25.1 Å². The number of carbonyl (C=O) groups is 1. The van der Waals surface area contributed by atoms with Crippen molar-refractivity contribution in [2.75, 3.05) is 6.61 Å². The van der Waals surface area contributed by atoms with Gasteiger partial charge in [-0.05, 0) is 0 Å². The van der Waals surface area contributed by atoms with Crippen LogP contribution in [0.15, 0.2) is 24.3 Å². The molecular weight excluding hydrogens is 283 g/mol. The quantitative estimate of drug-likeness (QED) is 0.785. The summed E-state index contributed by atoms with van der Waals surface area (Å²) in [6.07, 6.45) is 0. The molecule has 1 heterocycles. The molecule has 0 aromatic heterocycles. The van der Waals surface area contributed by atoms with Crippen LogP contribution < -0.4 is 0 Å². The zero-order valence-electron chi connectivity index (χ0n) is 7.12. The van der Waals surface area contributed by atoms with Crippen LogP contribution in [0.1, 0.15) is 17.3 Å². The van der Waals surface area contributed by atoms with Crippen LogP contribution >= 0.6 is 20.6 Å². The van der Waals surface area contributed by atoms with Gasteiger partial charge in [-0.2, -0.15) is 0 Å². The molecule has 0 bridgehead atoms. The van der Waals surface area contributed by atoms with Gasteiger partial charge < -0.3 is 0 Å². The van der Waals surface area contributed by atoms with Gasteiger partial charge in [-0.1, -0.05) is 0 Å². The van der Waals surface area contributed by atoms with Crippen LogP contribution in [0.5, 0.6) is 0 Å². The zero-order chi connectivity index (χ0) is 9.26. The van der Waals surface area contributed by atoms with E-state index in [2.05, 4.69) is 0 Å². The Labute approximate surface area is 84.5 Å². The third-order valence-electron chi connectivity index (χ3n) is 1.61. The molecule has 0 N–H and O–H groups in total. The molecule has 0 atom stereocenters. The zero-order valence-corrected chi connectivity index (χ0v) is 9.28. The molecular formula is C9H9IO3. The molecule has 0 radical (unpaired) electrons. The predicted molar refractivity (Wildman–Crippen MR) is 56.2 cm³/mol. The van der Waals surface area contributed by atoms with Crippen LogP contribution in [-0.4, -0.2) is 12.6 Å². The number of fused-ring (bicyclic) bond motifs is 1. The summed E-state index contributed by atoms with van der Waals surface area (Å²) in [6, 6.07) is 7.45. The van der Waals surface area contributed by atoms with E-state index >= 15 is 0 Å². The Morgan fingerprint density at radius 2 is 2.23 bits per heavy atom. The van der Waals surface area contributed by atoms with Crippen molar-refractivity contribution in [3.8, 4) is 0 Å². The van der Waals surface area contributed by atoms with Gasteiger partial charge in [0, 0.05) is 0 Å². The second-order valence-electron chi connectivity index (χ2n) is 2.46. The molecule has 4 heteroatoms. The molecule has 0 fully saturated rings. The van der Waals surface area contributed by atoms with Crippen LogP contribution in [0.25, 0.3) is 0 Å². The first kappa shape index (κ1) is 8.96. The number of hydrogen-bond donors (Lipinski definition) is 0. The second kappa shape index (κ2) is 3.63. The molecule has 2 rings (SSSR count). The summed E-state index contributed by atoms with van der Waals surface area (Å²) >= 11 is -2.06. The molecule has 13 heavy (non-hydrogen) atoms. The van der Waals surface area contributed by atoms with Gasteiger partial charge in [0.1, 0.15) is 0 Å². The Kier molecular flexibility index (Phi) is 2.50. The van der Waals surface area contributed by atoms with Gasteiger partial charge in [-0.15, -0.1) is 0 Å². The summed E-state index contributed by atoms with van der Waals surface area (Å²) in [5, 5.41) is 0. The van der Waals surface area contributed by atoms with Crippen LogP contribution in [0.3, 0.4) is 0 Å². The summed E-state index contributed by atoms with van der Waals surface area (Å²) in [7, 11) is 0. The molecule has 1 aliphatic rings. The Morgan fingerprint density at radius 3 is 3.00 bits per heavy atom. The van der Waals surface area contributed by atoms with Gasteiger partial charge in [-0.25, -0.2) is 0 Å². The van der Waals surface area contributed by atoms with Gasteiger partial charge in [0.15, 0.2) is 0 Å². The van der Waals surface area contributed by atoms with Gasteiger partial charge >= 0.3 is 84.5 Å². The molecule has 70 valence electrons. The van der Waals surface area contributed by atoms with Crippen molar-refractivity contribution in [3.05, 3.63) is 33.4 Å². The average Bonchev–Trinajstić information content (AvgIpc) is 2.46. The van der Waals surface area contributed by atoms with Crippen LogP contribution in [0.4, 0.5) is 0 Å². The van der Waals surface area contributed by atoms with Gasteiger partial charge in [0.05, 0.1) is 0 Å². The van der Waals surface area contributed by atoms with Crippen molar-refractivity contribution in [1.82, 2.24) is 0 Å². The van der Waals surface area contributed by atoms with Gasteiger partial charge in [0.25, 0.3) is 0 Å². The Bertz CT molecular complexity index is 337. The number of carbonyl (C=O) groups excluding carboxylic acids is 1. The van der Waals surface area contributed by atoms with E-state index in [0.717, 1.165) is 3.57 Å². The van der Waals surface area contributed by atoms with Crippen molar-refractivity contribution >= 4 is 26.6 Å². The average molecular weight is 292 g/mol. The van der Waals surface area contributed by atoms with Crippen molar-refractivity contribution in [2.45, 2.75) is 6.92 Å². The Hall–Kier alpha value is -0.620. The van der Waals surface area contributed by atoms with Crippen molar-refractivity contribution in [2.24, 2.45) is 0 Å². The van der Waals surface area contributed by atoms with Gasteiger partial charge in [-0.3, -0.25) is 0 Å². The van der Waals surface area contributed by atoms with E-state index < -0.39 is 20.6 Å². The third-order valence-corrected chi connectivity index (χ3v) is 5.49. The molecule has 3 nitrogen and oxygen atoms in total. The first-order valence-electron chi connectivity index (χ1n) is 3.98. The summed E-state index contributed by atoms with van der Waals surface area (Å²) in [5.41, 5.74) is 0.682. The minimum absolute atomic E-state index is 0.228. The SMILES string of the molecule is CCOI1OC(=O)c2ccccc21. The third kappa shape index (κ3) is 1.55. The summed E-state index contributed by atoms with van der Waals surface area (Å²) in [5.74, 6) is -0.228. The molecule has 0 spiro atoms. The molecule has 0 amide bonds. The van der Waals surface area contributed by atoms with E-state index in [4.69, 9.17) is 6.13 Å². The fraction of sp³-hybridized carbons (Fsp3) is 0.222. The first-order valence-corrected chi connectivity index (χ1v) is 6.82. The molecule has 1 aliphatic heterocycles. The van der Waals surface area contributed by atoms with E-state index in [0.29, 0.717) is 12.2 Å². The first-order chi connectivity index (χ1) is 6.33. The fourth-order valence-electron chi connectivity index (χ4n) is 1.09. The minimum atomic E-state index is -2.06. The van der Waals surface area contributed by atoms with E-state index in [1.165, 1.54) is 0 Å². The second-order valence-corrected chi connectivity index (χ2v) is 5.93. The normalized spacial score (nSPS) is 17.0. The van der Waals surface area contributed by atoms with Crippen LogP contribution in [0.2, 0.25) is 0 Å².